The van der Waals surface area contributed by atoms with Crippen molar-refractivity contribution >= 4 is 34.7 Å². The number of ether oxygens (including phenoxy) is 2. The van der Waals surface area contributed by atoms with Crippen LogP contribution in [-0.2, 0) is 14.3 Å². The second-order valence-corrected chi connectivity index (χ2v) is 7.51. The largest absolute Gasteiger partial charge is 0.467 e. The maximum Gasteiger partial charge on any atom is 0.410 e. The molecule has 1 atom stereocenters. The van der Waals surface area contributed by atoms with Crippen LogP contribution in [0.2, 0.25) is 0 Å². The Morgan fingerprint density at radius 3 is 2.15 bits per heavy atom. The topological polar surface area (TPSA) is 55.8 Å². The van der Waals surface area contributed by atoms with Gasteiger partial charge in [-0.05, 0) is 28.7 Å². The Morgan fingerprint density at radius 2 is 1.63 bits per heavy atom. The number of fused-ring (bicyclic) bond motifs is 3. The van der Waals surface area contributed by atoms with E-state index in [-0.39, 0.29) is 12.5 Å². The molecule has 2 aromatic carbocycles. The monoisotopic (exact) mass is 479 g/mol. The van der Waals surface area contributed by atoms with Crippen molar-refractivity contribution < 1.29 is 19.1 Å². The molecular weight excluding hydrogens is 457 g/mol. The maximum atomic E-state index is 12.6. The van der Waals surface area contributed by atoms with Crippen molar-refractivity contribution in [1.82, 2.24) is 4.90 Å². The molecule has 0 N–H and O–H groups in total. The summed E-state index contributed by atoms with van der Waals surface area (Å²) in [4.78, 5) is 25.8. The summed E-state index contributed by atoms with van der Waals surface area (Å²) in [7, 11) is 2.90. The van der Waals surface area contributed by atoms with E-state index < -0.39 is 18.1 Å². The Bertz CT molecular complexity index is 793. The van der Waals surface area contributed by atoms with Gasteiger partial charge >= 0.3 is 12.1 Å². The number of methoxy groups -OCH3 is 1. The predicted octanol–water partition coefficient (Wildman–Crippen LogP) is 4.23. The minimum atomic E-state index is -0.637. The standard InChI is InChI=1S/C21H22INO4/c1-23(19(11-12-22)20(24)26-2)21(25)27-13-18-16-9-5-3-7-14(16)15-8-4-6-10-17(15)18/h3-10,18-19H,11-13H2,1-2H3/t19-/m1/s1. The van der Waals surface area contributed by atoms with Crippen LogP contribution in [0.4, 0.5) is 4.79 Å². The number of likely N-dealkylation sites (N-methyl/N-ethyl adjacent to an activating group) is 1. The molecule has 1 aliphatic carbocycles. The fourth-order valence-electron chi connectivity index (χ4n) is 3.53. The quantitative estimate of drug-likeness (QED) is 0.354. The molecule has 142 valence electrons. The third kappa shape index (κ3) is 3.95. The van der Waals surface area contributed by atoms with Crippen LogP contribution in [0.15, 0.2) is 48.5 Å². The number of hydrogen-bond acceptors (Lipinski definition) is 4. The van der Waals surface area contributed by atoms with E-state index in [0.29, 0.717) is 6.42 Å². The summed E-state index contributed by atoms with van der Waals surface area (Å²) in [6.07, 6.45) is 0.00519. The number of benzene rings is 2. The molecule has 0 aliphatic heterocycles. The molecule has 3 rings (SSSR count). The smallest absolute Gasteiger partial charge is 0.410 e. The summed E-state index contributed by atoms with van der Waals surface area (Å²) in [5.41, 5.74) is 4.68. The van der Waals surface area contributed by atoms with Crippen molar-refractivity contribution in [2.75, 3.05) is 25.2 Å². The maximum absolute atomic E-state index is 12.6. The zero-order valence-corrected chi connectivity index (χ0v) is 17.5. The van der Waals surface area contributed by atoms with E-state index in [2.05, 4.69) is 46.9 Å². The summed E-state index contributed by atoms with van der Waals surface area (Å²) in [6, 6.07) is 15.7. The lowest BCUT2D eigenvalue weighted by Crippen LogP contribution is -2.43. The number of hydrogen-bond donors (Lipinski definition) is 0. The zero-order chi connectivity index (χ0) is 19.4. The van der Waals surface area contributed by atoms with Crippen LogP contribution in [0, 0.1) is 0 Å². The molecule has 1 amide bonds. The minimum Gasteiger partial charge on any atom is -0.467 e. The van der Waals surface area contributed by atoms with E-state index in [1.807, 2.05) is 24.3 Å². The Morgan fingerprint density at radius 1 is 1.07 bits per heavy atom. The van der Waals surface area contributed by atoms with Crippen LogP contribution in [0.1, 0.15) is 23.5 Å². The van der Waals surface area contributed by atoms with Crippen molar-refractivity contribution in [3.63, 3.8) is 0 Å². The van der Waals surface area contributed by atoms with Crippen LogP contribution < -0.4 is 0 Å². The van der Waals surface area contributed by atoms with Crippen molar-refractivity contribution in [3.05, 3.63) is 59.7 Å². The molecular formula is C21H22INO4. The van der Waals surface area contributed by atoms with Crippen LogP contribution >= 0.6 is 22.6 Å². The van der Waals surface area contributed by atoms with Gasteiger partial charge in [-0.2, -0.15) is 0 Å². The first-order valence-electron chi connectivity index (χ1n) is 8.80. The number of halogens is 1. The Hall–Kier alpha value is -2.09. The van der Waals surface area contributed by atoms with Gasteiger partial charge in [-0.1, -0.05) is 71.1 Å². The van der Waals surface area contributed by atoms with Crippen LogP contribution in [0.3, 0.4) is 0 Å². The van der Waals surface area contributed by atoms with Gasteiger partial charge in [0.2, 0.25) is 0 Å². The van der Waals surface area contributed by atoms with Gasteiger partial charge in [0, 0.05) is 17.4 Å². The molecule has 0 unspecified atom stereocenters. The molecule has 0 fully saturated rings. The summed E-state index contributed by atoms with van der Waals surface area (Å²) in [5, 5.41) is 0. The summed E-state index contributed by atoms with van der Waals surface area (Å²) in [6.45, 7) is 0.231. The highest BCUT2D eigenvalue weighted by Crippen LogP contribution is 2.44. The number of nitrogens with zero attached hydrogens (tertiary/aromatic N) is 1. The third-order valence-corrected chi connectivity index (χ3v) is 5.57. The Kier molecular flexibility index (Phi) is 6.36. The van der Waals surface area contributed by atoms with Gasteiger partial charge in [0.05, 0.1) is 7.11 Å². The zero-order valence-electron chi connectivity index (χ0n) is 15.4. The van der Waals surface area contributed by atoms with Gasteiger partial charge in [0.25, 0.3) is 0 Å². The van der Waals surface area contributed by atoms with Crippen molar-refractivity contribution in [3.8, 4) is 11.1 Å². The fourth-order valence-corrected chi connectivity index (χ4v) is 4.12. The predicted molar refractivity (Wildman–Crippen MR) is 112 cm³/mol. The molecule has 1 aliphatic rings. The molecule has 0 bridgehead atoms. The minimum absolute atomic E-state index is 0.00379. The number of carbonyl (C=O) groups is 2. The van der Waals surface area contributed by atoms with Crippen molar-refractivity contribution in [2.45, 2.75) is 18.4 Å². The van der Waals surface area contributed by atoms with Crippen LogP contribution in [-0.4, -0.2) is 48.2 Å². The summed E-state index contributed by atoms with van der Waals surface area (Å²) >= 11 is 2.18. The number of alkyl halides is 1. The van der Waals surface area contributed by atoms with E-state index in [4.69, 9.17) is 9.47 Å². The second-order valence-electron chi connectivity index (χ2n) is 6.43. The van der Waals surface area contributed by atoms with E-state index >= 15 is 0 Å². The summed E-state index contributed by atoms with van der Waals surface area (Å²) < 4.78 is 11.2. The van der Waals surface area contributed by atoms with E-state index in [1.54, 1.807) is 7.05 Å². The molecule has 6 heteroatoms. The number of amides is 1. The molecule has 0 heterocycles. The fraction of sp³-hybridized carbons (Fsp3) is 0.333. The van der Waals surface area contributed by atoms with Gasteiger partial charge in [-0.25, -0.2) is 9.59 Å². The molecule has 27 heavy (non-hydrogen) atoms. The Labute approximate surface area is 172 Å². The number of rotatable bonds is 6. The average Bonchev–Trinajstić information content (AvgIpc) is 3.03. The van der Waals surface area contributed by atoms with Crippen molar-refractivity contribution in [2.24, 2.45) is 0 Å². The molecule has 0 aromatic heterocycles. The van der Waals surface area contributed by atoms with Gasteiger partial charge in [0.15, 0.2) is 0 Å². The first-order valence-corrected chi connectivity index (χ1v) is 10.3. The number of esters is 1. The first-order chi connectivity index (χ1) is 13.1. The van der Waals surface area contributed by atoms with Gasteiger partial charge in [0.1, 0.15) is 12.6 Å². The average molecular weight is 479 g/mol. The molecule has 0 spiro atoms. The van der Waals surface area contributed by atoms with Gasteiger partial charge in [-0.15, -0.1) is 0 Å². The SMILES string of the molecule is COC(=O)[C@@H](CCI)N(C)C(=O)OCC1c2ccccc2-c2ccccc21. The van der Waals surface area contributed by atoms with Gasteiger partial charge in [-0.3, -0.25) is 4.90 Å². The van der Waals surface area contributed by atoms with E-state index in [9.17, 15) is 9.59 Å². The van der Waals surface area contributed by atoms with Crippen LogP contribution in [0.5, 0.6) is 0 Å². The summed E-state index contributed by atoms with van der Waals surface area (Å²) in [5.74, 6) is -0.432. The van der Waals surface area contributed by atoms with Crippen molar-refractivity contribution in [1.29, 1.82) is 0 Å². The normalized spacial score (nSPS) is 13.4. The third-order valence-electron chi connectivity index (χ3n) is 4.95. The first kappa shape index (κ1) is 19.7. The lowest BCUT2D eigenvalue weighted by atomic mass is 9.98. The molecule has 0 radical (unpaired) electrons. The van der Waals surface area contributed by atoms with Crippen LogP contribution in [0.25, 0.3) is 11.1 Å². The number of carbonyl (C=O) groups excluding carboxylic acids is 2. The molecule has 2 aromatic rings. The Balaban J connectivity index is 1.74. The molecule has 0 saturated heterocycles. The molecule has 5 nitrogen and oxygen atoms in total. The second kappa shape index (κ2) is 8.73. The highest BCUT2D eigenvalue weighted by atomic mass is 127. The highest BCUT2D eigenvalue weighted by molar-refractivity contribution is 14.1. The molecule has 0 saturated carbocycles. The van der Waals surface area contributed by atoms with Gasteiger partial charge < -0.3 is 9.47 Å². The lowest BCUT2D eigenvalue weighted by Gasteiger charge is -2.25. The van der Waals surface area contributed by atoms with E-state index in [1.165, 1.54) is 23.1 Å². The highest BCUT2D eigenvalue weighted by Gasteiger charge is 2.32. The van der Waals surface area contributed by atoms with E-state index in [0.717, 1.165) is 15.6 Å². The lowest BCUT2D eigenvalue weighted by molar-refractivity contribution is -0.146.